The molecule has 5 nitrogen and oxygen atoms in total. The quantitative estimate of drug-likeness (QED) is 0.638. The minimum absolute atomic E-state index is 0.0376. The Hall–Kier alpha value is -3.31. The summed E-state index contributed by atoms with van der Waals surface area (Å²) in [6.07, 6.45) is 0. The lowest BCUT2D eigenvalue weighted by atomic mass is 10.1. The standard InChI is InChI=1S/C21H16ClNO4/c22-17-6-2-4-8-19(17)27-13-14-9-11-15(12-10-14)20(24)23-18-7-3-1-5-16(18)21(25)26/h1-12H,13H2,(H,23,24)(H,25,26). The smallest absolute Gasteiger partial charge is 0.337 e. The number of hydrogen-bond acceptors (Lipinski definition) is 3. The van der Waals surface area contributed by atoms with Gasteiger partial charge >= 0.3 is 5.97 Å². The third-order valence-electron chi connectivity index (χ3n) is 3.85. The highest BCUT2D eigenvalue weighted by Crippen LogP contribution is 2.24. The maximum atomic E-state index is 12.4. The monoisotopic (exact) mass is 381 g/mol. The zero-order valence-electron chi connectivity index (χ0n) is 14.2. The summed E-state index contributed by atoms with van der Waals surface area (Å²) < 4.78 is 5.66. The van der Waals surface area contributed by atoms with Crippen LogP contribution in [0.4, 0.5) is 5.69 Å². The Morgan fingerprint density at radius 3 is 2.30 bits per heavy atom. The molecular weight excluding hydrogens is 366 g/mol. The maximum Gasteiger partial charge on any atom is 0.337 e. The highest BCUT2D eigenvalue weighted by Gasteiger charge is 2.13. The Morgan fingerprint density at radius 2 is 1.59 bits per heavy atom. The number of carboxylic acids is 1. The zero-order valence-corrected chi connectivity index (χ0v) is 14.9. The second kappa shape index (κ2) is 8.38. The van der Waals surface area contributed by atoms with Gasteiger partial charge in [-0.1, -0.05) is 48.0 Å². The van der Waals surface area contributed by atoms with Gasteiger partial charge in [0, 0.05) is 5.56 Å². The number of benzene rings is 3. The lowest BCUT2D eigenvalue weighted by Gasteiger charge is -2.10. The molecule has 2 N–H and O–H groups in total. The summed E-state index contributed by atoms with van der Waals surface area (Å²) in [7, 11) is 0. The Morgan fingerprint density at radius 1 is 0.926 bits per heavy atom. The predicted octanol–water partition coefficient (Wildman–Crippen LogP) is 4.87. The lowest BCUT2D eigenvalue weighted by molar-refractivity contribution is 0.0698. The molecule has 27 heavy (non-hydrogen) atoms. The fourth-order valence-electron chi connectivity index (χ4n) is 2.45. The van der Waals surface area contributed by atoms with Crippen LogP contribution in [0.25, 0.3) is 0 Å². The molecule has 0 aliphatic rings. The lowest BCUT2D eigenvalue weighted by Crippen LogP contribution is -2.14. The molecule has 136 valence electrons. The topological polar surface area (TPSA) is 75.6 Å². The molecule has 6 heteroatoms. The number of halogens is 1. The van der Waals surface area contributed by atoms with Crippen molar-refractivity contribution in [2.45, 2.75) is 6.61 Å². The van der Waals surface area contributed by atoms with E-state index in [1.165, 1.54) is 6.07 Å². The van der Waals surface area contributed by atoms with E-state index < -0.39 is 5.97 Å². The average Bonchev–Trinajstić information content (AvgIpc) is 2.68. The van der Waals surface area contributed by atoms with E-state index in [4.69, 9.17) is 16.3 Å². The van der Waals surface area contributed by atoms with E-state index in [9.17, 15) is 14.7 Å². The van der Waals surface area contributed by atoms with Crippen LogP contribution in [0.3, 0.4) is 0 Å². The summed E-state index contributed by atoms with van der Waals surface area (Å²) in [6.45, 7) is 0.313. The molecule has 0 bridgehead atoms. The summed E-state index contributed by atoms with van der Waals surface area (Å²) in [4.78, 5) is 23.6. The van der Waals surface area contributed by atoms with Crippen molar-refractivity contribution in [2.75, 3.05) is 5.32 Å². The number of rotatable bonds is 6. The van der Waals surface area contributed by atoms with Crippen molar-refractivity contribution >= 4 is 29.2 Å². The first-order chi connectivity index (χ1) is 13.0. The molecule has 3 aromatic carbocycles. The van der Waals surface area contributed by atoms with Gasteiger partial charge in [0.15, 0.2) is 0 Å². The molecule has 0 aliphatic carbocycles. The van der Waals surface area contributed by atoms with E-state index in [0.717, 1.165) is 5.56 Å². The molecule has 0 atom stereocenters. The fraction of sp³-hybridized carbons (Fsp3) is 0.0476. The third kappa shape index (κ3) is 4.65. The minimum atomic E-state index is -1.10. The second-order valence-electron chi connectivity index (χ2n) is 5.72. The van der Waals surface area contributed by atoms with Crippen molar-refractivity contribution < 1.29 is 19.4 Å². The normalized spacial score (nSPS) is 10.3. The van der Waals surface area contributed by atoms with Gasteiger partial charge in [0.2, 0.25) is 0 Å². The second-order valence-corrected chi connectivity index (χ2v) is 6.13. The van der Waals surface area contributed by atoms with Crippen molar-refractivity contribution in [3.05, 3.63) is 94.5 Å². The van der Waals surface area contributed by atoms with E-state index in [1.54, 1.807) is 54.6 Å². The van der Waals surface area contributed by atoms with E-state index in [-0.39, 0.29) is 17.2 Å². The van der Waals surface area contributed by atoms with Gasteiger partial charge in [-0.05, 0) is 42.0 Å². The van der Waals surface area contributed by atoms with Crippen molar-refractivity contribution in [1.82, 2.24) is 0 Å². The van der Waals surface area contributed by atoms with Crippen molar-refractivity contribution in [2.24, 2.45) is 0 Å². The molecule has 3 aromatic rings. The highest BCUT2D eigenvalue weighted by atomic mass is 35.5. The van der Waals surface area contributed by atoms with Gasteiger partial charge in [-0.3, -0.25) is 4.79 Å². The molecule has 1 amide bonds. The van der Waals surface area contributed by atoms with Gasteiger partial charge in [0.25, 0.3) is 5.91 Å². The molecule has 0 radical (unpaired) electrons. The van der Waals surface area contributed by atoms with Gasteiger partial charge in [-0.15, -0.1) is 0 Å². The molecular formula is C21H16ClNO4. The highest BCUT2D eigenvalue weighted by molar-refractivity contribution is 6.32. The number of nitrogens with one attached hydrogen (secondary N) is 1. The number of anilines is 1. The van der Waals surface area contributed by atoms with Crippen LogP contribution >= 0.6 is 11.6 Å². The molecule has 0 aromatic heterocycles. The van der Waals surface area contributed by atoms with Gasteiger partial charge in [-0.2, -0.15) is 0 Å². The average molecular weight is 382 g/mol. The third-order valence-corrected chi connectivity index (χ3v) is 4.17. The number of carbonyl (C=O) groups excluding carboxylic acids is 1. The Balaban J connectivity index is 1.66. The van der Waals surface area contributed by atoms with Crippen molar-refractivity contribution in [3.63, 3.8) is 0 Å². The van der Waals surface area contributed by atoms with Gasteiger partial charge in [-0.25, -0.2) is 4.79 Å². The summed E-state index contributed by atoms with van der Waals surface area (Å²) >= 11 is 6.05. The molecule has 0 saturated heterocycles. The van der Waals surface area contributed by atoms with Crippen LogP contribution < -0.4 is 10.1 Å². The molecule has 0 heterocycles. The van der Waals surface area contributed by atoms with Crippen LogP contribution in [-0.4, -0.2) is 17.0 Å². The first kappa shape index (κ1) is 18.5. The van der Waals surface area contributed by atoms with Gasteiger partial charge in [0.05, 0.1) is 16.3 Å². The van der Waals surface area contributed by atoms with Crippen LogP contribution in [0.2, 0.25) is 5.02 Å². The van der Waals surface area contributed by atoms with Crippen molar-refractivity contribution in [3.8, 4) is 5.75 Å². The summed E-state index contributed by atoms with van der Waals surface area (Å²) in [6, 6.07) is 20.3. The van der Waals surface area contributed by atoms with Gasteiger partial charge < -0.3 is 15.2 Å². The van der Waals surface area contributed by atoms with Gasteiger partial charge in [0.1, 0.15) is 12.4 Å². The van der Waals surface area contributed by atoms with Crippen LogP contribution in [-0.2, 0) is 6.61 Å². The first-order valence-corrected chi connectivity index (χ1v) is 8.52. The first-order valence-electron chi connectivity index (χ1n) is 8.14. The molecule has 0 saturated carbocycles. The van der Waals surface area contributed by atoms with Crippen LogP contribution in [0, 0.1) is 0 Å². The Labute approximate surface area is 161 Å². The van der Waals surface area contributed by atoms with Crippen LogP contribution in [0.5, 0.6) is 5.75 Å². The largest absolute Gasteiger partial charge is 0.487 e. The summed E-state index contributed by atoms with van der Waals surface area (Å²) in [5.74, 6) is -0.897. The van der Waals surface area contributed by atoms with E-state index in [0.29, 0.717) is 22.9 Å². The SMILES string of the molecule is O=C(Nc1ccccc1C(=O)O)c1ccc(COc2ccccc2Cl)cc1. The number of hydrogen-bond donors (Lipinski definition) is 2. The fourth-order valence-corrected chi connectivity index (χ4v) is 2.64. The number of carbonyl (C=O) groups is 2. The molecule has 0 spiro atoms. The van der Waals surface area contributed by atoms with Crippen LogP contribution in [0.15, 0.2) is 72.8 Å². The predicted molar refractivity (Wildman–Crippen MR) is 104 cm³/mol. The number of para-hydroxylation sites is 2. The van der Waals surface area contributed by atoms with Crippen molar-refractivity contribution in [1.29, 1.82) is 0 Å². The Bertz CT molecular complexity index is 970. The van der Waals surface area contributed by atoms with E-state index in [2.05, 4.69) is 5.32 Å². The van der Waals surface area contributed by atoms with E-state index in [1.807, 2.05) is 12.1 Å². The van der Waals surface area contributed by atoms with Crippen LogP contribution in [0.1, 0.15) is 26.3 Å². The maximum absolute atomic E-state index is 12.4. The molecule has 0 fully saturated rings. The molecule has 3 rings (SSSR count). The zero-order chi connectivity index (χ0) is 19.2. The molecule has 0 unspecified atom stereocenters. The van der Waals surface area contributed by atoms with E-state index >= 15 is 0 Å². The number of amides is 1. The number of carboxylic acid groups (broad SMARTS) is 1. The number of ether oxygens (including phenoxy) is 1. The molecule has 0 aliphatic heterocycles. The number of aromatic carboxylic acids is 1. The Kier molecular flexibility index (Phi) is 5.74. The summed E-state index contributed by atoms with van der Waals surface area (Å²) in [5, 5.41) is 12.3. The minimum Gasteiger partial charge on any atom is -0.487 e. The summed E-state index contributed by atoms with van der Waals surface area (Å²) in [5.41, 5.74) is 1.57.